The Morgan fingerprint density at radius 2 is 2.14 bits per heavy atom. The molecule has 0 aromatic heterocycles. The number of aliphatic hydroxyl groups is 1. The summed E-state index contributed by atoms with van der Waals surface area (Å²) in [5.74, 6) is 0. The zero-order valence-electron chi connectivity index (χ0n) is 7.89. The van der Waals surface area contributed by atoms with Crippen molar-refractivity contribution in [1.82, 2.24) is 0 Å². The van der Waals surface area contributed by atoms with E-state index < -0.39 is 0 Å². The van der Waals surface area contributed by atoms with Crippen LogP contribution >= 0.6 is 0 Å². The summed E-state index contributed by atoms with van der Waals surface area (Å²) < 4.78 is 0. The molecule has 74 valence electrons. The molecule has 0 saturated carbocycles. The predicted molar refractivity (Wildman–Crippen MR) is 54.2 cm³/mol. The number of nitrogens with zero attached hydrogens (tertiary/aromatic N) is 1. The molecule has 0 amide bonds. The number of rotatable bonds is 3. The van der Waals surface area contributed by atoms with Gasteiger partial charge in [-0.2, -0.15) is 0 Å². The first-order chi connectivity index (χ1) is 6.88. The summed E-state index contributed by atoms with van der Waals surface area (Å²) in [6.45, 7) is 0.0434. The van der Waals surface area contributed by atoms with Gasteiger partial charge in [0.2, 0.25) is 0 Å². The molecule has 1 aromatic carbocycles. The van der Waals surface area contributed by atoms with Gasteiger partial charge in [0.05, 0.1) is 12.3 Å². The Balaban J connectivity index is 1.94. The molecule has 3 heteroatoms. The molecule has 2 rings (SSSR count). The van der Waals surface area contributed by atoms with E-state index in [1.54, 1.807) is 0 Å². The maximum Gasteiger partial charge on any atom is 0.155 e. The van der Waals surface area contributed by atoms with E-state index in [1.807, 2.05) is 18.2 Å². The van der Waals surface area contributed by atoms with Crippen LogP contribution in [-0.2, 0) is 11.3 Å². The lowest BCUT2D eigenvalue weighted by atomic mass is 10.1. The molecule has 0 bridgehead atoms. The van der Waals surface area contributed by atoms with Crippen LogP contribution in [0.5, 0.6) is 0 Å². The summed E-state index contributed by atoms with van der Waals surface area (Å²) in [4.78, 5) is 5.02. The SMILES string of the molecule is OCC1CC(Cc2ccccc2)=NO1. The summed E-state index contributed by atoms with van der Waals surface area (Å²) in [6, 6.07) is 10.1. The zero-order chi connectivity index (χ0) is 9.80. The highest BCUT2D eigenvalue weighted by molar-refractivity contribution is 5.87. The van der Waals surface area contributed by atoms with Crippen LogP contribution in [0, 0.1) is 0 Å². The first-order valence-electron chi connectivity index (χ1n) is 4.75. The molecule has 1 unspecified atom stereocenters. The Morgan fingerprint density at radius 3 is 2.79 bits per heavy atom. The monoisotopic (exact) mass is 191 g/mol. The Morgan fingerprint density at radius 1 is 1.36 bits per heavy atom. The van der Waals surface area contributed by atoms with Crippen LogP contribution in [0.4, 0.5) is 0 Å². The summed E-state index contributed by atoms with van der Waals surface area (Å²) >= 11 is 0. The van der Waals surface area contributed by atoms with Crippen molar-refractivity contribution in [1.29, 1.82) is 0 Å². The molecule has 1 aliphatic heterocycles. The van der Waals surface area contributed by atoms with Gasteiger partial charge in [0.15, 0.2) is 6.10 Å². The summed E-state index contributed by atoms with van der Waals surface area (Å²) in [6.07, 6.45) is 1.43. The van der Waals surface area contributed by atoms with Crippen LogP contribution in [0.15, 0.2) is 35.5 Å². The van der Waals surface area contributed by atoms with Gasteiger partial charge in [-0.15, -0.1) is 0 Å². The molecular weight excluding hydrogens is 178 g/mol. The van der Waals surface area contributed by atoms with Gasteiger partial charge in [0.25, 0.3) is 0 Å². The molecule has 3 nitrogen and oxygen atoms in total. The molecule has 0 radical (unpaired) electrons. The molecule has 1 heterocycles. The zero-order valence-corrected chi connectivity index (χ0v) is 7.89. The maximum atomic E-state index is 8.85. The second kappa shape index (κ2) is 4.24. The van der Waals surface area contributed by atoms with Crippen LogP contribution in [0.3, 0.4) is 0 Å². The highest BCUT2D eigenvalue weighted by atomic mass is 16.6. The van der Waals surface area contributed by atoms with E-state index in [4.69, 9.17) is 9.94 Å². The van der Waals surface area contributed by atoms with Crippen LogP contribution in [-0.4, -0.2) is 23.5 Å². The van der Waals surface area contributed by atoms with E-state index in [2.05, 4.69) is 17.3 Å². The van der Waals surface area contributed by atoms with Gasteiger partial charge in [0, 0.05) is 12.8 Å². The molecule has 0 spiro atoms. The molecule has 14 heavy (non-hydrogen) atoms. The van der Waals surface area contributed by atoms with E-state index in [-0.39, 0.29) is 12.7 Å². The minimum atomic E-state index is -0.131. The summed E-state index contributed by atoms with van der Waals surface area (Å²) in [7, 11) is 0. The van der Waals surface area contributed by atoms with Gasteiger partial charge in [-0.1, -0.05) is 35.5 Å². The average molecular weight is 191 g/mol. The van der Waals surface area contributed by atoms with Gasteiger partial charge >= 0.3 is 0 Å². The Bertz CT molecular complexity index is 321. The lowest BCUT2D eigenvalue weighted by Crippen LogP contribution is -2.13. The highest BCUT2D eigenvalue weighted by Gasteiger charge is 2.19. The Kier molecular flexibility index (Phi) is 2.79. The van der Waals surface area contributed by atoms with Gasteiger partial charge < -0.3 is 9.94 Å². The topological polar surface area (TPSA) is 41.8 Å². The number of benzene rings is 1. The molecular formula is C11H13NO2. The fourth-order valence-corrected chi connectivity index (χ4v) is 1.52. The number of aliphatic hydroxyl groups excluding tert-OH is 1. The minimum Gasteiger partial charge on any atom is -0.392 e. The fraction of sp³-hybridized carbons (Fsp3) is 0.364. The van der Waals surface area contributed by atoms with Gasteiger partial charge in [-0.05, 0) is 5.56 Å². The van der Waals surface area contributed by atoms with Crippen molar-refractivity contribution in [2.24, 2.45) is 5.16 Å². The van der Waals surface area contributed by atoms with Crippen molar-refractivity contribution in [2.45, 2.75) is 18.9 Å². The molecule has 1 aliphatic rings. The van der Waals surface area contributed by atoms with Crippen molar-refractivity contribution in [3.8, 4) is 0 Å². The number of hydrogen-bond donors (Lipinski definition) is 1. The normalized spacial score (nSPS) is 20.4. The number of hydrogen-bond acceptors (Lipinski definition) is 3. The van der Waals surface area contributed by atoms with Gasteiger partial charge in [-0.3, -0.25) is 0 Å². The van der Waals surface area contributed by atoms with Crippen LogP contribution < -0.4 is 0 Å². The molecule has 1 aromatic rings. The predicted octanol–water partition coefficient (Wildman–Crippen LogP) is 1.37. The highest BCUT2D eigenvalue weighted by Crippen LogP contribution is 2.13. The van der Waals surface area contributed by atoms with Gasteiger partial charge in [0.1, 0.15) is 0 Å². The van der Waals surface area contributed by atoms with E-state index in [9.17, 15) is 0 Å². The first-order valence-corrected chi connectivity index (χ1v) is 4.75. The second-order valence-electron chi connectivity index (χ2n) is 3.43. The van der Waals surface area contributed by atoms with E-state index in [0.29, 0.717) is 0 Å². The standard InChI is InChI=1S/C11H13NO2/c13-8-11-7-10(12-14-11)6-9-4-2-1-3-5-9/h1-5,11,13H,6-8H2. The quantitative estimate of drug-likeness (QED) is 0.784. The van der Waals surface area contributed by atoms with E-state index in [1.165, 1.54) is 5.56 Å². The van der Waals surface area contributed by atoms with Crippen molar-refractivity contribution < 1.29 is 9.94 Å². The number of oxime groups is 1. The largest absolute Gasteiger partial charge is 0.392 e. The first kappa shape index (κ1) is 9.21. The molecule has 0 aliphatic carbocycles. The van der Waals surface area contributed by atoms with E-state index in [0.717, 1.165) is 18.6 Å². The average Bonchev–Trinajstić information content (AvgIpc) is 2.67. The smallest absolute Gasteiger partial charge is 0.155 e. The fourth-order valence-electron chi connectivity index (χ4n) is 1.52. The lowest BCUT2D eigenvalue weighted by Gasteiger charge is -2.01. The third kappa shape index (κ3) is 2.12. The van der Waals surface area contributed by atoms with Crippen LogP contribution in [0.2, 0.25) is 0 Å². The van der Waals surface area contributed by atoms with Crippen molar-refractivity contribution in [3.05, 3.63) is 35.9 Å². The van der Waals surface area contributed by atoms with Crippen molar-refractivity contribution in [3.63, 3.8) is 0 Å². The van der Waals surface area contributed by atoms with E-state index >= 15 is 0 Å². The Labute approximate surface area is 83.0 Å². The van der Waals surface area contributed by atoms with Gasteiger partial charge in [-0.25, -0.2) is 0 Å². The Hall–Kier alpha value is -1.35. The van der Waals surface area contributed by atoms with Crippen molar-refractivity contribution in [2.75, 3.05) is 6.61 Å². The van der Waals surface area contributed by atoms with Crippen LogP contribution in [0.25, 0.3) is 0 Å². The molecule has 0 fully saturated rings. The molecule has 0 saturated heterocycles. The maximum absolute atomic E-state index is 8.85. The molecule has 1 atom stereocenters. The van der Waals surface area contributed by atoms with Crippen molar-refractivity contribution >= 4 is 5.71 Å². The third-order valence-corrected chi connectivity index (χ3v) is 2.25. The summed E-state index contributed by atoms with van der Waals surface area (Å²) in [5, 5.41) is 12.8. The van der Waals surface area contributed by atoms with Crippen LogP contribution in [0.1, 0.15) is 12.0 Å². The molecule has 1 N–H and O–H groups in total. The minimum absolute atomic E-state index is 0.0434. The lowest BCUT2D eigenvalue weighted by molar-refractivity contribution is 0.0390. The second-order valence-corrected chi connectivity index (χ2v) is 3.43. The third-order valence-electron chi connectivity index (χ3n) is 2.25. The summed E-state index contributed by atoms with van der Waals surface area (Å²) in [5.41, 5.74) is 2.24.